The second-order valence-electron chi connectivity index (χ2n) is 8.16. The van der Waals surface area contributed by atoms with Crippen LogP contribution in [-0.2, 0) is 4.74 Å². The van der Waals surface area contributed by atoms with Crippen molar-refractivity contribution in [2.45, 2.75) is 39.8 Å². The zero-order valence-corrected chi connectivity index (χ0v) is 18.4. The fourth-order valence-corrected chi connectivity index (χ4v) is 3.54. The number of halogens is 1. The first kappa shape index (κ1) is 21.6. The van der Waals surface area contributed by atoms with Crippen molar-refractivity contribution >= 4 is 17.9 Å². The molecule has 2 atom stereocenters. The predicted octanol–water partition coefficient (Wildman–Crippen LogP) is 4.54. The van der Waals surface area contributed by atoms with Gasteiger partial charge < -0.3 is 10.1 Å². The van der Waals surface area contributed by atoms with Gasteiger partial charge in [0.25, 0.3) is 0 Å². The Morgan fingerprint density at radius 2 is 1.88 bits per heavy atom. The Balaban J connectivity index is 1.49. The normalized spacial score (nSPS) is 16.9. The number of rotatable bonds is 6. The molecule has 0 bridgehead atoms. The Morgan fingerprint density at radius 3 is 2.56 bits per heavy atom. The van der Waals surface area contributed by atoms with Crippen LogP contribution in [0.25, 0.3) is 11.1 Å². The molecule has 1 aliphatic heterocycles. The first-order chi connectivity index (χ1) is 15.3. The largest absolute Gasteiger partial charge is 0.447 e. The number of hydrogen-bond donors (Lipinski definition) is 1. The minimum atomic E-state index is -0.406. The van der Waals surface area contributed by atoms with Crippen molar-refractivity contribution < 1.29 is 13.9 Å². The summed E-state index contributed by atoms with van der Waals surface area (Å²) < 4.78 is 18.7. The number of carbonyl (C=O) groups is 1. The molecule has 1 saturated heterocycles. The number of amides is 1. The zero-order valence-electron chi connectivity index (χ0n) is 18.4. The fraction of sp³-hybridized carbons (Fsp3) is 0.348. The topological polar surface area (TPSA) is 93.1 Å². The lowest BCUT2D eigenvalue weighted by Gasteiger charge is -2.23. The molecule has 8 nitrogen and oxygen atoms in total. The highest BCUT2D eigenvalue weighted by atomic mass is 19.1. The van der Waals surface area contributed by atoms with Crippen molar-refractivity contribution in [2.75, 3.05) is 16.8 Å². The number of anilines is 2. The molecule has 0 saturated carbocycles. The molecule has 0 aliphatic carbocycles. The summed E-state index contributed by atoms with van der Waals surface area (Å²) >= 11 is 0. The smallest absolute Gasteiger partial charge is 0.415 e. The molecule has 4 rings (SSSR count). The minimum Gasteiger partial charge on any atom is -0.447 e. The zero-order chi connectivity index (χ0) is 22.8. The maximum absolute atomic E-state index is 13.5. The molecule has 166 valence electrons. The number of hydrogen-bond acceptors (Lipinski definition) is 7. The molecule has 3 aromatic rings. The van der Waals surface area contributed by atoms with Gasteiger partial charge in [-0.25, -0.2) is 24.1 Å². The van der Waals surface area contributed by atoms with Crippen LogP contribution in [0.1, 0.15) is 38.2 Å². The van der Waals surface area contributed by atoms with Gasteiger partial charge in [0.1, 0.15) is 24.1 Å². The SMILES string of the molecule is Cc1cc(-c2cnc([C@H](C)Nc3nccc(N4C(=O)OC[C@@H]4C(C)C)n3)nc2)ccc1F. The van der Waals surface area contributed by atoms with Gasteiger partial charge in [-0.2, -0.15) is 4.98 Å². The van der Waals surface area contributed by atoms with Gasteiger partial charge in [0.05, 0.1) is 12.1 Å². The van der Waals surface area contributed by atoms with E-state index >= 15 is 0 Å². The molecule has 1 fully saturated rings. The van der Waals surface area contributed by atoms with E-state index in [0.29, 0.717) is 29.8 Å². The first-order valence-electron chi connectivity index (χ1n) is 10.5. The van der Waals surface area contributed by atoms with Crippen molar-refractivity contribution in [3.8, 4) is 11.1 Å². The van der Waals surface area contributed by atoms with Crippen LogP contribution in [0.3, 0.4) is 0 Å². The molecule has 3 heterocycles. The molecule has 0 unspecified atom stereocenters. The summed E-state index contributed by atoms with van der Waals surface area (Å²) in [6.07, 6.45) is 4.60. The van der Waals surface area contributed by atoms with E-state index in [9.17, 15) is 9.18 Å². The van der Waals surface area contributed by atoms with E-state index in [1.165, 1.54) is 6.07 Å². The number of benzene rings is 1. The summed E-state index contributed by atoms with van der Waals surface area (Å²) in [5.41, 5.74) is 2.22. The quantitative estimate of drug-likeness (QED) is 0.606. The lowest BCUT2D eigenvalue weighted by atomic mass is 10.0. The van der Waals surface area contributed by atoms with Gasteiger partial charge in [0, 0.05) is 24.2 Å². The van der Waals surface area contributed by atoms with Gasteiger partial charge >= 0.3 is 6.09 Å². The van der Waals surface area contributed by atoms with Gasteiger partial charge in [-0.3, -0.25) is 4.90 Å². The highest BCUT2D eigenvalue weighted by molar-refractivity contribution is 5.89. The van der Waals surface area contributed by atoms with E-state index in [-0.39, 0.29) is 23.8 Å². The van der Waals surface area contributed by atoms with E-state index in [1.807, 2.05) is 20.8 Å². The van der Waals surface area contributed by atoms with E-state index < -0.39 is 6.09 Å². The van der Waals surface area contributed by atoms with Crippen LogP contribution in [0.2, 0.25) is 0 Å². The lowest BCUT2D eigenvalue weighted by Crippen LogP contribution is -2.37. The monoisotopic (exact) mass is 436 g/mol. The van der Waals surface area contributed by atoms with Gasteiger partial charge in [-0.1, -0.05) is 19.9 Å². The summed E-state index contributed by atoms with van der Waals surface area (Å²) in [7, 11) is 0. The number of carbonyl (C=O) groups excluding carboxylic acids is 1. The van der Waals surface area contributed by atoms with Crippen LogP contribution in [0.15, 0.2) is 42.9 Å². The number of nitrogens with zero attached hydrogens (tertiary/aromatic N) is 5. The molecule has 0 radical (unpaired) electrons. The standard InChI is InChI=1S/C23H25FN6O2/c1-13(2)19-12-32-23(31)30(19)20-7-8-25-22(29-20)28-15(4)21-26-10-17(11-27-21)16-5-6-18(24)14(3)9-16/h5-11,13,15,19H,12H2,1-4H3,(H,25,28,29)/t15-,19+/m0/s1. The maximum Gasteiger partial charge on any atom is 0.415 e. The number of aryl methyl sites for hydroxylation is 1. The number of cyclic esters (lactones) is 1. The maximum atomic E-state index is 13.5. The average molecular weight is 436 g/mol. The second kappa shape index (κ2) is 8.86. The summed E-state index contributed by atoms with van der Waals surface area (Å²) in [5, 5.41) is 3.18. The summed E-state index contributed by atoms with van der Waals surface area (Å²) in [6.45, 7) is 8.04. The third-order valence-electron chi connectivity index (χ3n) is 5.46. The van der Waals surface area contributed by atoms with Crippen LogP contribution >= 0.6 is 0 Å². The molecule has 0 spiro atoms. The Morgan fingerprint density at radius 1 is 1.12 bits per heavy atom. The van der Waals surface area contributed by atoms with Gasteiger partial charge in [0.2, 0.25) is 5.95 Å². The molecule has 1 aliphatic rings. The number of nitrogens with one attached hydrogen (secondary N) is 1. The average Bonchev–Trinajstić information content (AvgIpc) is 3.18. The Kier molecular flexibility index (Phi) is 5.98. The highest BCUT2D eigenvalue weighted by Crippen LogP contribution is 2.27. The molecule has 1 amide bonds. The van der Waals surface area contributed by atoms with Gasteiger partial charge in [-0.05, 0) is 49.1 Å². The predicted molar refractivity (Wildman–Crippen MR) is 119 cm³/mol. The van der Waals surface area contributed by atoms with Gasteiger partial charge in [0.15, 0.2) is 0 Å². The third-order valence-corrected chi connectivity index (χ3v) is 5.46. The summed E-state index contributed by atoms with van der Waals surface area (Å²) in [6, 6.07) is 6.24. The summed E-state index contributed by atoms with van der Waals surface area (Å²) in [4.78, 5) is 31.4. The van der Waals surface area contributed by atoms with Crippen LogP contribution < -0.4 is 10.2 Å². The van der Waals surface area contributed by atoms with Crippen LogP contribution in [0, 0.1) is 18.7 Å². The number of ether oxygens (including phenoxy) is 1. The fourth-order valence-electron chi connectivity index (χ4n) is 3.54. The van der Waals surface area contributed by atoms with Crippen LogP contribution in [0.4, 0.5) is 21.0 Å². The van der Waals surface area contributed by atoms with E-state index in [0.717, 1.165) is 11.1 Å². The van der Waals surface area contributed by atoms with Crippen molar-refractivity contribution in [1.29, 1.82) is 0 Å². The molecule has 9 heteroatoms. The van der Waals surface area contributed by atoms with E-state index in [4.69, 9.17) is 4.74 Å². The third kappa shape index (κ3) is 4.37. The second-order valence-corrected chi connectivity index (χ2v) is 8.16. The number of aromatic nitrogens is 4. The van der Waals surface area contributed by atoms with E-state index in [1.54, 1.807) is 48.6 Å². The Labute approximate surface area is 185 Å². The van der Waals surface area contributed by atoms with Crippen molar-refractivity contribution in [3.63, 3.8) is 0 Å². The molecular formula is C23H25FN6O2. The molecule has 32 heavy (non-hydrogen) atoms. The Bertz CT molecular complexity index is 1120. The summed E-state index contributed by atoms with van der Waals surface area (Å²) in [5.74, 6) is 1.39. The first-order valence-corrected chi connectivity index (χ1v) is 10.5. The molecule has 1 aromatic carbocycles. The van der Waals surface area contributed by atoms with Crippen molar-refractivity contribution in [2.24, 2.45) is 5.92 Å². The van der Waals surface area contributed by atoms with Crippen LogP contribution in [0.5, 0.6) is 0 Å². The van der Waals surface area contributed by atoms with Crippen molar-refractivity contribution in [3.05, 3.63) is 60.1 Å². The van der Waals surface area contributed by atoms with Crippen molar-refractivity contribution in [1.82, 2.24) is 19.9 Å². The Hall–Kier alpha value is -3.62. The molecule has 2 aromatic heterocycles. The van der Waals surface area contributed by atoms with Gasteiger partial charge in [-0.15, -0.1) is 0 Å². The molecular weight excluding hydrogens is 411 g/mol. The van der Waals surface area contributed by atoms with Crippen LogP contribution in [-0.4, -0.2) is 38.7 Å². The highest BCUT2D eigenvalue weighted by Gasteiger charge is 2.37. The van der Waals surface area contributed by atoms with E-state index in [2.05, 4.69) is 25.3 Å². The lowest BCUT2D eigenvalue weighted by molar-refractivity contribution is 0.177. The minimum absolute atomic E-state index is 0.0753. The molecule has 1 N–H and O–H groups in total.